The molecule has 0 amide bonds. The summed E-state index contributed by atoms with van der Waals surface area (Å²) in [5.74, 6) is 1.22. The number of hydrogen-bond acceptors (Lipinski definition) is 1. The standard InChI is InChI=1S/C13H18S/c1-4-6-10-14-13-9-7-8-12(5-2)11(13)3/h5,7-9H,2,4,6,10H2,1,3H3. The molecule has 0 unspecified atom stereocenters. The van der Waals surface area contributed by atoms with Crippen LogP contribution in [0, 0.1) is 6.92 Å². The van der Waals surface area contributed by atoms with E-state index in [9.17, 15) is 0 Å². The number of rotatable bonds is 5. The van der Waals surface area contributed by atoms with Crippen LogP contribution in [0.15, 0.2) is 29.7 Å². The second-order valence-electron chi connectivity index (χ2n) is 3.38. The second kappa shape index (κ2) is 5.92. The summed E-state index contributed by atoms with van der Waals surface area (Å²) < 4.78 is 0. The Hall–Kier alpha value is -0.690. The van der Waals surface area contributed by atoms with Crippen LogP contribution >= 0.6 is 11.8 Å². The Morgan fingerprint density at radius 1 is 1.43 bits per heavy atom. The fourth-order valence-corrected chi connectivity index (χ4v) is 2.50. The SMILES string of the molecule is C=Cc1cccc(SCCCC)c1C. The van der Waals surface area contributed by atoms with Crippen LogP contribution < -0.4 is 0 Å². The van der Waals surface area contributed by atoms with Gasteiger partial charge in [-0.1, -0.05) is 38.1 Å². The van der Waals surface area contributed by atoms with Gasteiger partial charge in [0.05, 0.1) is 0 Å². The Kier molecular flexibility index (Phi) is 4.81. The molecule has 0 N–H and O–H groups in total. The lowest BCUT2D eigenvalue weighted by Gasteiger charge is -2.07. The molecule has 0 aliphatic heterocycles. The topological polar surface area (TPSA) is 0 Å². The lowest BCUT2D eigenvalue weighted by atomic mass is 10.1. The van der Waals surface area contributed by atoms with Crippen LogP contribution in [-0.4, -0.2) is 5.75 Å². The van der Waals surface area contributed by atoms with Crippen molar-refractivity contribution in [3.63, 3.8) is 0 Å². The fraction of sp³-hybridized carbons (Fsp3) is 0.385. The van der Waals surface area contributed by atoms with Gasteiger partial charge >= 0.3 is 0 Å². The molecule has 0 aliphatic carbocycles. The van der Waals surface area contributed by atoms with Crippen LogP contribution in [0.25, 0.3) is 6.08 Å². The summed E-state index contributed by atoms with van der Waals surface area (Å²) in [6, 6.07) is 6.42. The number of thioether (sulfide) groups is 1. The third kappa shape index (κ3) is 2.91. The molecule has 0 radical (unpaired) electrons. The molecule has 0 fully saturated rings. The van der Waals surface area contributed by atoms with Crippen molar-refractivity contribution in [2.45, 2.75) is 31.6 Å². The number of unbranched alkanes of at least 4 members (excludes halogenated alkanes) is 1. The van der Waals surface area contributed by atoms with E-state index in [4.69, 9.17) is 0 Å². The Morgan fingerprint density at radius 3 is 2.86 bits per heavy atom. The van der Waals surface area contributed by atoms with E-state index in [-0.39, 0.29) is 0 Å². The highest BCUT2D eigenvalue weighted by molar-refractivity contribution is 7.99. The largest absolute Gasteiger partial charge is 0.126 e. The Labute approximate surface area is 91.4 Å². The Balaban J connectivity index is 2.71. The van der Waals surface area contributed by atoms with Gasteiger partial charge in [-0.15, -0.1) is 11.8 Å². The first-order chi connectivity index (χ1) is 6.79. The molecule has 1 heteroatoms. The second-order valence-corrected chi connectivity index (χ2v) is 4.51. The van der Waals surface area contributed by atoms with Crippen molar-refractivity contribution in [1.82, 2.24) is 0 Å². The van der Waals surface area contributed by atoms with Crippen LogP contribution in [0.5, 0.6) is 0 Å². The van der Waals surface area contributed by atoms with Crippen LogP contribution in [0.3, 0.4) is 0 Å². The molecule has 0 aromatic heterocycles. The van der Waals surface area contributed by atoms with Crippen molar-refractivity contribution in [2.75, 3.05) is 5.75 Å². The van der Waals surface area contributed by atoms with Gasteiger partial charge in [0.2, 0.25) is 0 Å². The van der Waals surface area contributed by atoms with E-state index in [1.165, 1.54) is 34.6 Å². The fourth-order valence-electron chi connectivity index (χ4n) is 1.34. The highest BCUT2D eigenvalue weighted by atomic mass is 32.2. The quantitative estimate of drug-likeness (QED) is 0.504. The molecule has 0 nitrogen and oxygen atoms in total. The molecular formula is C13H18S. The minimum atomic E-state index is 1.22. The van der Waals surface area contributed by atoms with Gasteiger partial charge in [-0.25, -0.2) is 0 Å². The lowest BCUT2D eigenvalue weighted by molar-refractivity contribution is 0.896. The first-order valence-electron chi connectivity index (χ1n) is 5.14. The maximum Gasteiger partial charge on any atom is 0.0107 e. The summed E-state index contributed by atoms with van der Waals surface area (Å²) in [6.07, 6.45) is 4.49. The van der Waals surface area contributed by atoms with E-state index in [0.717, 1.165) is 0 Å². The third-order valence-electron chi connectivity index (χ3n) is 2.30. The number of hydrogen-bond donors (Lipinski definition) is 0. The molecule has 0 aliphatic rings. The van der Waals surface area contributed by atoms with Crippen molar-refractivity contribution < 1.29 is 0 Å². The van der Waals surface area contributed by atoms with Gasteiger partial charge in [0, 0.05) is 4.90 Å². The van der Waals surface area contributed by atoms with Gasteiger partial charge in [0.25, 0.3) is 0 Å². The van der Waals surface area contributed by atoms with Gasteiger partial charge < -0.3 is 0 Å². The molecule has 0 heterocycles. The van der Waals surface area contributed by atoms with Gasteiger partial charge in [-0.05, 0) is 36.3 Å². The molecule has 0 spiro atoms. The monoisotopic (exact) mass is 206 g/mol. The van der Waals surface area contributed by atoms with Crippen molar-refractivity contribution in [3.05, 3.63) is 35.9 Å². The molecule has 1 aromatic rings. The van der Waals surface area contributed by atoms with E-state index in [2.05, 4.69) is 38.6 Å². The molecular weight excluding hydrogens is 188 g/mol. The zero-order valence-corrected chi connectivity index (χ0v) is 9.86. The summed E-state index contributed by atoms with van der Waals surface area (Å²) in [4.78, 5) is 1.40. The summed E-state index contributed by atoms with van der Waals surface area (Å²) in [5.41, 5.74) is 2.62. The molecule has 0 saturated heterocycles. The van der Waals surface area contributed by atoms with Gasteiger partial charge in [0.1, 0.15) is 0 Å². The van der Waals surface area contributed by atoms with Gasteiger partial charge in [-0.3, -0.25) is 0 Å². The zero-order chi connectivity index (χ0) is 10.4. The van der Waals surface area contributed by atoms with Gasteiger partial charge in [-0.2, -0.15) is 0 Å². The Bertz CT molecular complexity index is 302. The van der Waals surface area contributed by atoms with Crippen LogP contribution in [0.2, 0.25) is 0 Å². The number of benzene rings is 1. The van der Waals surface area contributed by atoms with Crippen molar-refractivity contribution in [1.29, 1.82) is 0 Å². The van der Waals surface area contributed by atoms with Crippen molar-refractivity contribution in [3.8, 4) is 0 Å². The lowest BCUT2D eigenvalue weighted by Crippen LogP contribution is -1.86. The van der Waals surface area contributed by atoms with Crippen LogP contribution in [0.1, 0.15) is 30.9 Å². The molecule has 0 saturated carbocycles. The molecule has 0 atom stereocenters. The predicted octanol–water partition coefficient (Wildman–Crippen LogP) is 4.53. The zero-order valence-electron chi connectivity index (χ0n) is 9.05. The van der Waals surface area contributed by atoms with Crippen LogP contribution in [0.4, 0.5) is 0 Å². The predicted molar refractivity (Wildman–Crippen MR) is 66.9 cm³/mol. The first-order valence-corrected chi connectivity index (χ1v) is 6.13. The first kappa shape index (κ1) is 11.4. The molecule has 0 bridgehead atoms. The summed E-state index contributed by atoms with van der Waals surface area (Å²) in [7, 11) is 0. The molecule has 1 rings (SSSR count). The average molecular weight is 206 g/mol. The Morgan fingerprint density at radius 2 is 2.21 bits per heavy atom. The van der Waals surface area contributed by atoms with E-state index in [0.29, 0.717) is 0 Å². The smallest absolute Gasteiger partial charge is 0.0107 e. The van der Waals surface area contributed by atoms with Gasteiger partial charge in [0.15, 0.2) is 0 Å². The van der Waals surface area contributed by atoms with E-state index in [1.807, 2.05) is 17.8 Å². The summed E-state index contributed by atoms with van der Waals surface area (Å²) >= 11 is 1.95. The van der Waals surface area contributed by atoms with E-state index < -0.39 is 0 Å². The normalized spacial score (nSPS) is 10.1. The van der Waals surface area contributed by atoms with Crippen LogP contribution in [-0.2, 0) is 0 Å². The molecule has 76 valence electrons. The molecule has 14 heavy (non-hydrogen) atoms. The average Bonchev–Trinajstić information content (AvgIpc) is 2.21. The highest BCUT2D eigenvalue weighted by Gasteiger charge is 2.01. The van der Waals surface area contributed by atoms with E-state index in [1.54, 1.807) is 0 Å². The minimum Gasteiger partial charge on any atom is -0.126 e. The third-order valence-corrected chi connectivity index (χ3v) is 3.55. The minimum absolute atomic E-state index is 1.22. The summed E-state index contributed by atoms with van der Waals surface area (Å²) in [5, 5.41) is 0. The van der Waals surface area contributed by atoms with Crippen molar-refractivity contribution in [2.24, 2.45) is 0 Å². The molecule has 1 aromatic carbocycles. The van der Waals surface area contributed by atoms with Crippen molar-refractivity contribution >= 4 is 17.8 Å². The maximum absolute atomic E-state index is 3.82. The van der Waals surface area contributed by atoms with E-state index >= 15 is 0 Å². The highest BCUT2D eigenvalue weighted by Crippen LogP contribution is 2.26. The maximum atomic E-state index is 3.82. The summed E-state index contributed by atoms with van der Waals surface area (Å²) in [6.45, 7) is 8.22.